The molecule has 4 aromatic carbocycles. The molecule has 0 saturated carbocycles. The normalized spacial score (nSPS) is 11.9. The van der Waals surface area contributed by atoms with Crippen molar-refractivity contribution in [2.45, 2.75) is 64.4 Å². The fourth-order valence-corrected chi connectivity index (χ4v) is 6.99. The van der Waals surface area contributed by atoms with Crippen LogP contribution in [-0.2, 0) is 32.6 Å². The average molecular weight is 660 g/mol. The standard InChI is InChI=1S/C37H42ClN3O4S/c1-5-6-22-39-37(43)35(24-30-13-8-7-9-14-30)40(25-31-15-11-10-12-28(31)3)36(42)26-41(34-21-18-32(38)23-29(34)4)46(44,45)33-19-16-27(2)17-20-33/h7-21,23,35H,5-6,22,24-26H2,1-4H3,(H,39,43)/t35-/m0/s1. The first-order chi connectivity index (χ1) is 22.0. The van der Waals surface area contributed by atoms with Crippen LogP contribution in [0, 0.1) is 20.8 Å². The van der Waals surface area contributed by atoms with Crippen molar-refractivity contribution in [2.75, 3.05) is 17.4 Å². The Morgan fingerprint density at radius 1 is 0.848 bits per heavy atom. The van der Waals surface area contributed by atoms with Crippen molar-refractivity contribution in [2.24, 2.45) is 0 Å². The Hall–Kier alpha value is -4.14. The van der Waals surface area contributed by atoms with Gasteiger partial charge in [-0.05, 0) is 79.8 Å². The molecule has 0 aliphatic heterocycles. The van der Waals surface area contributed by atoms with Crippen molar-refractivity contribution in [3.05, 3.63) is 130 Å². The Morgan fingerprint density at radius 2 is 1.52 bits per heavy atom. The lowest BCUT2D eigenvalue weighted by Crippen LogP contribution is -2.53. The van der Waals surface area contributed by atoms with Crippen molar-refractivity contribution in [1.29, 1.82) is 0 Å². The third kappa shape index (κ3) is 8.77. The van der Waals surface area contributed by atoms with Crippen LogP contribution in [0.1, 0.15) is 47.6 Å². The minimum atomic E-state index is -4.20. The van der Waals surface area contributed by atoms with Crippen LogP contribution in [0.15, 0.2) is 102 Å². The van der Waals surface area contributed by atoms with Gasteiger partial charge in [-0.15, -0.1) is 0 Å². The Labute approximate surface area is 278 Å². The fourth-order valence-electron chi connectivity index (χ4n) is 5.28. The molecule has 242 valence electrons. The van der Waals surface area contributed by atoms with Gasteiger partial charge in [0.15, 0.2) is 0 Å². The maximum Gasteiger partial charge on any atom is 0.264 e. The summed E-state index contributed by atoms with van der Waals surface area (Å²) in [5, 5.41) is 3.47. The zero-order valence-electron chi connectivity index (χ0n) is 26.9. The highest BCUT2D eigenvalue weighted by molar-refractivity contribution is 7.92. The topological polar surface area (TPSA) is 86.8 Å². The van der Waals surface area contributed by atoms with E-state index in [1.807, 2.05) is 75.4 Å². The molecule has 0 fully saturated rings. The highest BCUT2D eigenvalue weighted by atomic mass is 35.5. The van der Waals surface area contributed by atoms with Gasteiger partial charge >= 0.3 is 0 Å². The molecule has 0 radical (unpaired) electrons. The Morgan fingerprint density at radius 3 is 2.17 bits per heavy atom. The number of carbonyl (C=O) groups is 2. The van der Waals surface area contributed by atoms with Gasteiger partial charge in [0.2, 0.25) is 11.8 Å². The number of rotatable bonds is 14. The number of nitrogens with one attached hydrogen (secondary N) is 1. The van der Waals surface area contributed by atoms with E-state index < -0.39 is 28.5 Å². The largest absolute Gasteiger partial charge is 0.354 e. The number of halogens is 1. The summed E-state index contributed by atoms with van der Waals surface area (Å²) in [6.07, 6.45) is 1.97. The zero-order chi connectivity index (χ0) is 33.3. The van der Waals surface area contributed by atoms with Gasteiger partial charge < -0.3 is 10.2 Å². The third-order valence-electron chi connectivity index (χ3n) is 8.02. The second kappa shape index (κ2) is 15.9. The molecule has 0 spiro atoms. The lowest BCUT2D eigenvalue weighted by Gasteiger charge is -2.34. The van der Waals surface area contributed by atoms with Crippen LogP contribution in [0.2, 0.25) is 5.02 Å². The van der Waals surface area contributed by atoms with Gasteiger partial charge in [-0.3, -0.25) is 13.9 Å². The van der Waals surface area contributed by atoms with Crippen LogP contribution < -0.4 is 9.62 Å². The van der Waals surface area contributed by atoms with Crippen LogP contribution >= 0.6 is 11.6 Å². The van der Waals surface area contributed by atoms with E-state index >= 15 is 0 Å². The fraction of sp³-hybridized carbons (Fsp3) is 0.297. The molecule has 1 N–H and O–H groups in total. The lowest BCUT2D eigenvalue weighted by molar-refractivity contribution is -0.140. The number of carbonyl (C=O) groups excluding carboxylic acids is 2. The number of amides is 2. The molecule has 9 heteroatoms. The van der Waals surface area contributed by atoms with Crippen molar-refractivity contribution in [1.82, 2.24) is 10.2 Å². The number of hydrogen-bond acceptors (Lipinski definition) is 4. The highest BCUT2D eigenvalue weighted by Gasteiger charge is 2.35. The van der Waals surface area contributed by atoms with Crippen LogP contribution in [0.4, 0.5) is 5.69 Å². The van der Waals surface area contributed by atoms with Crippen LogP contribution in [-0.4, -0.2) is 44.3 Å². The van der Waals surface area contributed by atoms with Gasteiger partial charge in [-0.25, -0.2) is 8.42 Å². The molecule has 46 heavy (non-hydrogen) atoms. The van der Waals surface area contributed by atoms with Crippen LogP contribution in [0.3, 0.4) is 0 Å². The number of sulfonamides is 1. The predicted octanol–water partition coefficient (Wildman–Crippen LogP) is 7.02. The van der Waals surface area contributed by atoms with E-state index in [0.29, 0.717) is 22.8 Å². The Kier molecular flexibility index (Phi) is 12.0. The minimum absolute atomic E-state index is 0.0591. The van der Waals surface area contributed by atoms with Gasteiger partial charge in [0.05, 0.1) is 10.6 Å². The summed E-state index contributed by atoms with van der Waals surface area (Å²) < 4.78 is 29.7. The average Bonchev–Trinajstić information content (AvgIpc) is 3.03. The van der Waals surface area contributed by atoms with Gasteiger partial charge in [0.1, 0.15) is 12.6 Å². The summed E-state index contributed by atoms with van der Waals surface area (Å²) in [7, 11) is -4.20. The molecule has 0 aromatic heterocycles. The second-order valence-corrected chi connectivity index (χ2v) is 13.9. The molecule has 0 unspecified atom stereocenters. The molecule has 0 aliphatic rings. The molecule has 4 aromatic rings. The summed E-state index contributed by atoms with van der Waals surface area (Å²) in [5.74, 6) is -0.783. The third-order valence-corrected chi connectivity index (χ3v) is 10.0. The van der Waals surface area contributed by atoms with E-state index in [0.717, 1.165) is 39.4 Å². The van der Waals surface area contributed by atoms with Crippen molar-refractivity contribution in [3.63, 3.8) is 0 Å². The number of anilines is 1. The highest BCUT2D eigenvalue weighted by Crippen LogP contribution is 2.30. The maximum absolute atomic E-state index is 14.6. The molecule has 2 amide bonds. The predicted molar refractivity (Wildman–Crippen MR) is 185 cm³/mol. The minimum Gasteiger partial charge on any atom is -0.354 e. The van der Waals surface area contributed by atoms with E-state index in [1.165, 1.54) is 17.0 Å². The van der Waals surface area contributed by atoms with Gasteiger partial charge in [-0.2, -0.15) is 0 Å². The summed E-state index contributed by atoms with van der Waals surface area (Å²) in [6, 6.07) is 27.8. The SMILES string of the molecule is CCCCNC(=O)[C@H](Cc1ccccc1)N(Cc1ccccc1C)C(=O)CN(c1ccc(Cl)cc1C)S(=O)(=O)c1ccc(C)cc1. The van der Waals surface area contributed by atoms with E-state index in [-0.39, 0.29) is 23.8 Å². The van der Waals surface area contributed by atoms with Gasteiger partial charge in [0.25, 0.3) is 10.0 Å². The van der Waals surface area contributed by atoms with E-state index in [4.69, 9.17) is 11.6 Å². The quantitative estimate of drug-likeness (QED) is 0.148. The first-order valence-corrected chi connectivity index (χ1v) is 17.3. The van der Waals surface area contributed by atoms with Crippen LogP contribution in [0.25, 0.3) is 0 Å². The van der Waals surface area contributed by atoms with E-state index in [9.17, 15) is 18.0 Å². The van der Waals surface area contributed by atoms with Gasteiger partial charge in [0, 0.05) is 24.5 Å². The molecular weight excluding hydrogens is 618 g/mol. The van der Waals surface area contributed by atoms with E-state index in [2.05, 4.69) is 5.32 Å². The summed E-state index contributed by atoms with van der Waals surface area (Å²) in [5.41, 5.74) is 4.55. The molecular formula is C37H42ClN3O4S. The van der Waals surface area contributed by atoms with E-state index in [1.54, 1.807) is 37.3 Å². The van der Waals surface area contributed by atoms with Gasteiger partial charge in [-0.1, -0.05) is 97.2 Å². The number of unbranched alkanes of at least 4 members (excludes halogenated alkanes) is 1. The monoisotopic (exact) mass is 659 g/mol. The number of benzene rings is 4. The van der Waals surface area contributed by atoms with Crippen molar-refractivity contribution < 1.29 is 18.0 Å². The number of nitrogens with zero attached hydrogens (tertiary/aromatic N) is 2. The molecule has 0 heterocycles. The summed E-state index contributed by atoms with van der Waals surface area (Å²) >= 11 is 6.25. The number of aryl methyl sites for hydroxylation is 3. The maximum atomic E-state index is 14.6. The Bertz CT molecular complexity index is 1740. The van der Waals surface area contributed by atoms with Crippen LogP contribution in [0.5, 0.6) is 0 Å². The zero-order valence-corrected chi connectivity index (χ0v) is 28.4. The first-order valence-electron chi connectivity index (χ1n) is 15.5. The summed E-state index contributed by atoms with van der Waals surface area (Å²) in [4.78, 5) is 30.1. The smallest absolute Gasteiger partial charge is 0.264 e. The Balaban J connectivity index is 1.82. The van der Waals surface area contributed by atoms with Crippen molar-refractivity contribution in [3.8, 4) is 0 Å². The molecule has 0 bridgehead atoms. The lowest BCUT2D eigenvalue weighted by atomic mass is 10.0. The first kappa shape index (κ1) is 34.7. The molecule has 1 atom stereocenters. The molecule has 0 saturated heterocycles. The number of hydrogen-bond donors (Lipinski definition) is 1. The molecule has 7 nitrogen and oxygen atoms in total. The summed E-state index contributed by atoms with van der Waals surface area (Å²) in [6.45, 7) is 7.72. The molecule has 4 rings (SSSR count). The molecule has 0 aliphatic carbocycles. The van der Waals surface area contributed by atoms with Crippen molar-refractivity contribution >= 4 is 39.1 Å². The second-order valence-electron chi connectivity index (χ2n) is 11.6.